The van der Waals surface area contributed by atoms with Gasteiger partial charge in [-0.1, -0.05) is 25.1 Å². The highest BCUT2D eigenvalue weighted by molar-refractivity contribution is 5.77. The summed E-state index contributed by atoms with van der Waals surface area (Å²) in [6.07, 6.45) is 0.233. The van der Waals surface area contributed by atoms with Crippen LogP contribution >= 0.6 is 0 Å². The molecule has 0 aliphatic carbocycles. The monoisotopic (exact) mass is 364 g/mol. The van der Waals surface area contributed by atoms with Crippen molar-refractivity contribution in [1.29, 1.82) is 0 Å². The summed E-state index contributed by atoms with van der Waals surface area (Å²) in [5.41, 5.74) is 1.02. The molecule has 0 bridgehead atoms. The zero-order chi connectivity index (χ0) is 19.1. The molecule has 2 unspecified atom stereocenters. The summed E-state index contributed by atoms with van der Waals surface area (Å²) in [6.45, 7) is 3.99. The van der Waals surface area contributed by atoms with Crippen molar-refractivity contribution >= 4 is 11.9 Å². The van der Waals surface area contributed by atoms with E-state index in [9.17, 15) is 9.59 Å². The van der Waals surface area contributed by atoms with Gasteiger partial charge in [0.25, 0.3) is 0 Å². The summed E-state index contributed by atoms with van der Waals surface area (Å²) in [6, 6.07) is 7.75. The fraction of sp³-hybridized carbons (Fsp3) is 0.579. The highest BCUT2D eigenvalue weighted by Crippen LogP contribution is 2.29. The molecule has 1 aliphatic heterocycles. The number of nitrogens with zero attached hydrogens (tertiary/aromatic N) is 2. The lowest BCUT2D eigenvalue weighted by Gasteiger charge is -2.35. The van der Waals surface area contributed by atoms with E-state index in [1.165, 1.54) is 0 Å². The molecule has 0 aromatic heterocycles. The molecule has 1 amide bonds. The number of morpholine rings is 1. The maximum absolute atomic E-state index is 12.7. The van der Waals surface area contributed by atoms with Crippen LogP contribution in [0.2, 0.25) is 0 Å². The Kier molecular flexibility index (Phi) is 7.41. The number of rotatable bonds is 8. The van der Waals surface area contributed by atoms with Gasteiger partial charge in [0, 0.05) is 26.1 Å². The molecule has 0 radical (unpaired) electrons. The molecule has 7 heteroatoms. The van der Waals surface area contributed by atoms with Crippen LogP contribution in [0.3, 0.4) is 0 Å². The average molecular weight is 364 g/mol. The van der Waals surface area contributed by atoms with Crippen LogP contribution in [-0.4, -0.2) is 79.8 Å². The van der Waals surface area contributed by atoms with Crippen molar-refractivity contribution in [3.63, 3.8) is 0 Å². The molecule has 144 valence electrons. The molecule has 7 nitrogen and oxygen atoms in total. The van der Waals surface area contributed by atoms with Crippen molar-refractivity contribution in [3.05, 3.63) is 29.8 Å². The smallest absolute Gasteiger partial charge is 0.317 e. The third-order valence-electron chi connectivity index (χ3n) is 4.56. The molecule has 2 atom stereocenters. The zero-order valence-electron chi connectivity index (χ0n) is 15.7. The molecular formula is C19H28N2O5. The Hall–Kier alpha value is -2.12. The maximum Gasteiger partial charge on any atom is 0.317 e. The van der Waals surface area contributed by atoms with Crippen LogP contribution in [0.5, 0.6) is 5.75 Å². The van der Waals surface area contributed by atoms with Crippen LogP contribution in [0.4, 0.5) is 0 Å². The van der Waals surface area contributed by atoms with E-state index in [2.05, 4.69) is 0 Å². The van der Waals surface area contributed by atoms with E-state index < -0.39 is 5.97 Å². The number of hydrogen-bond donors (Lipinski definition) is 1. The highest BCUT2D eigenvalue weighted by atomic mass is 16.5. The predicted molar refractivity (Wildman–Crippen MR) is 97.5 cm³/mol. The molecule has 1 saturated heterocycles. The fourth-order valence-corrected chi connectivity index (χ4v) is 3.27. The number of hydrogen-bond acceptors (Lipinski definition) is 5. The van der Waals surface area contributed by atoms with Crippen molar-refractivity contribution in [1.82, 2.24) is 9.80 Å². The lowest BCUT2D eigenvalue weighted by Crippen LogP contribution is -2.49. The fourth-order valence-electron chi connectivity index (χ4n) is 3.27. The number of methoxy groups -OCH3 is 1. The molecule has 1 N–H and O–H groups in total. The lowest BCUT2D eigenvalue weighted by atomic mass is 9.96. The Morgan fingerprint density at radius 2 is 2.15 bits per heavy atom. The minimum atomic E-state index is -0.873. The highest BCUT2D eigenvalue weighted by Gasteiger charge is 2.27. The minimum Gasteiger partial charge on any atom is -0.496 e. The lowest BCUT2D eigenvalue weighted by molar-refractivity contribution is -0.142. The van der Waals surface area contributed by atoms with E-state index in [1.54, 1.807) is 19.1 Å². The van der Waals surface area contributed by atoms with Gasteiger partial charge < -0.3 is 19.5 Å². The SMILES string of the molecule is COc1ccccc1C(C)CC(=O)N1CCOC(CN(C)CC(=O)O)C1. The van der Waals surface area contributed by atoms with Gasteiger partial charge in [0.05, 0.1) is 26.4 Å². The van der Waals surface area contributed by atoms with Crippen LogP contribution < -0.4 is 4.74 Å². The van der Waals surface area contributed by atoms with Crippen molar-refractivity contribution in [2.24, 2.45) is 0 Å². The summed E-state index contributed by atoms with van der Waals surface area (Å²) in [7, 11) is 3.37. The second kappa shape index (κ2) is 9.54. The summed E-state index contributed by atoms with van der Waals surface area (Å²) in [5, 5.41) is 8.85. The Bertz CT molecular complexity index is 622. The van der Waals surface area contributed by atoms with Gasteiger partial charge in [0.15, 0.2) is 0 Å². The van der Waals surface area contributed by atoms with Gasteiger partial charge in [-0.05, 0) is 24.6 Å². The van der Waals surface area contributed by atoms with E-state index in [-0.39, 0.29) is 24.5 Å². The third-order valence-corrected chi connectivity index (χ3v) is 4.56. The standard InChI is InChI=1S/C19H28N2O5/c1-14(16-6-4-5-7-17(16)25-3)10-18(22)21-8-9-26-15(12-21)11-20(2)13-19(23)24/h4-7,14-15H,8-13H2,1-3H3,(H,23,24). The minimum absolute atomic E-state index is 0.0430. The maximum atomic E-state index is 12.7. The van der Waals surface area contributed by atoms with Gasteiger partial charge >= 0.3 is 5.97 Å². The van der Waals surface area contributed by atoms with Crippen LogP contribution in [-0.2, 0) is 14.3 Å². The largest absolute Gasteiger partial charge is 0.496 e. The van der Waals surface area contributed by atoms with E-state index in [0.29, 0.717) is 32.7 Å². The summed E-state index contributed by atoms with van der Waals surface area (Å²) in [4.78, 5) is 27.0. The van der Waals surface area contributed by atoms with Gasteiger partial charge in [-0.2, -0.15) is 0 Å². The van der Waals surface area contributed by atoms with Crippen molar-refractivity contribution < 1.29 is 24.2 Å². The average Bonchev–Trinajstić information content (AvgIpc) is 2.61. The van der Waals surface area contributed by atoms with Gasteiger partial charge in [0.2, 0.25) is 5.91 Å². The number of ether oxygens (including phenoxy) is 2. The number of aliphatic carboxylic acids is 1. The normalized spacial score (nSPS) is 18.6. The Morgan fingerprint density at radius 1 is 1.42 bits per heavy atom. The second-order valence-corrected chi connectivity index (χ2v) is 6.77. The molecule has 2 rings (SSSR count). The van der Waals surface area contributed by atoms with Crippen molar-refractivity contribution in [2.45, 2.75) is 25.4 Å². The van der Waals surface area contributed by atoms with E-state index >= 15 is 0 Å². The number of likely N-dealkylation sites (N-methyl/N-ethyl adjacent to an activating group) is 1. The van der Waals surface area contributed by atoms with Crippen LogP contribution in [0.15, 0.2) is 24.3 Å². The zero-order valence-corrected chi connectivity index (χ0v) is 15.7. The molecule has 1 heterocycles. The van der Waals surface area contributed by atoms with Crippen LogP contribution in [0.25, 0.3) is 0 Å². The quantitative estimate of drug-likeness (QED) is 0.752. The van der Waals surface area contributed by atoms with Gasteiger partial charge in [-0.25, -0.2) is 0 Å². The van der Waals surface area contributed by atoms with Crippen molar-refractivity contribution in [2.75, 3.05) is 46.9 Å². The molecule has 1 aromatic carbocycles. The first-order chi connectivity index (χ1) is 12.4. The topological polar surface area (TPSA) is 79.3 Å². The molecule has 1 fully saturated rings. The first kappa shape index (κ1) is 20.2. The van der Waals surface area contributed by atoms with Gasteiger partial charge in [-0.3, -0.25) is 14.5 Å². The second-order valence-electron chi connectivity index (χ2n) is 6.77. The number of amides is 1. The van der Waals surface area contributed by atoms with Crippen LogP contribution in [0.1, 0.15) is 24.8 Å². The molecule has 26 heavy (non-hydrogen) atoms. The predicted octanol–water partition coefficient (Wildman–Crippen LogP) is 1.43. The van der Waals surface area contributed by atoms with Gasteiger partial charge in [0.1, 0.15) is 5.75 Å². The molecule has 0 spiro atoms. The number of carbonyl (C=O) groups excluding carboxylic acids is 1. The first-order valence-electron chi connectivity index (χ1n) is 8.83. The number of benzene rings is 1. The van der Waals surface area contributed by atoms with E-state index in [4.69, 9.17) is 14.6 Å². The Labute approximate surface area is 154 Å². The van der Waals surface area contributed by atoms with Crippen molar-refractivity contribution in [3.8, 4) is 5.75 Å². The molecule has 1 aliphatic rings. The number of para-hydroxylation sites is 1. The Balaban J connectivity index is 1.91. The number of carboxylic acid groups (broad SMARTS) is 1. The van der Waals surface area contributed by atoms with Gasteiger partial charge in [-0.15, -0.1) is 0 Å². The molecule has 1 aromatic rings. The van der Waals surface area contributed by atoms with E-state index in [1.807, 2.05) is 36.1 Å². The molecular weight excluding hydrogens is 336 g/mol. The number of carbonyl (C=O) groups is 2. The van der Waals surface area contributed by atoms with E-state index in [0.717, 1.165) is 11.3 Å². The summed E-state index contributed by atoms with van der Waals surface area (Å²) < 4.78 is 11.1. The van der Waals surface area contributed by atoms with Crippen LogP contribution in [0, 0.1) is 0 Å². The molecule has 0 saturated carbocycles. The summed E-state index contributed by atoms with van der Waals surface area (Å²) in [5.74, 6) is 0.0528. The Morgan fingerprint density at radius 3 is 2.85 bits per heavy atom. The number of carboxylic acids is 1. The summed E-state index contributed by atoms with van der Waals surface area (Å²) >= 11 is 0. The first-order valence-corrected chi connectivity index (χ1v) is 8.83. The third kappa shape index (κ3) is 5.71.